The summed E-state index contributed by atoms with van der Waals surface area (Å²) in [6.45, 7) is 11.4. The van der Waals surface area contributed by atoms with Gasteiger partial charge in [-0.2, -0.15) is 0 Å². The van der Waals surface area contributed by atoms with E-state index < -0.39 is 0 Å². The first kappa shape index (κ1) is 28.3. The van der Waals surface area contributed by atoms with Crippen LogP contribution in [0.15, 0.2) is 65.8 Å². The summed E-state index contributed by atoms with van der Waals surface area (Å²) in [6, 6.07) is 11.5. The first-order chi connectivity index (χ1) is 18.4. The molecule has 2 aliphatic rings. The lowest BCUT2D eigenvalue weighted by atomic mass is 9.70. The molecule has 0 atom stereocenters. The fraction of sp³-hybridized carbons (Fsp3) is 0.500. The molecule has 0 spiro atoms. The minimum Gasteiger partial charge on any atom is -0.341 e. The molecule has 0 saturated heterocycles. The normalized spacial score (nSPS) is 16.1. The Kier molecular flexibility index (Phi) is 9.58. The average molecular weight is 511 g/mol. The first-order valence-electron chi connectivity index (χ1n) is 15.3. The van der Waals surface area contributed by atoms with Crippen LogP contribution in [-0.2, 0) is 5.41 Å². The zero-order chi connectivity index (χ0) is 27.1. The lowest BCUT2D eigenvalue weighted by molar-refractivity contribution is 0.398. The number of anilines is 2. The third-order valence-corrected chi connectivity index (χ3v) is 8.76. The number of hydrogen-bond donors (Lipinski definition) is 1. The highest BCUT2D eigenvalue weighted by Crippen LogP contribution is 2.54. The molecule has 38 heavy (non-hydrogen) atoms. The van der Waals surface area contributed by atoms with Gasteiger partial charge in [-0.15, -0.1) is 0 Å². The van der Waals surface area contributed by atoms with Crippen LogP contribution >= 0.6 is 0 Å². The number of aromatic amines is 1. The molecule has 0 unspecified atom stereocenters. The Morgan fingerprint density at radius 2 is 1.47 bits per heavy atom. The average Bonchev–Trinajstić information content (AvgIpc) is 3.44. The third kappa shape index (κ3) is 5.80. The van der Waals surface area contributed by atoms with E-state index in [0.29, 0.717) is 0 Å². The predicted octanol–water partition coefficient (Wildman–Crippen LogP) is 11.1. The fourth-order valence-electron chi connectivity index (χ4n) is 6.48. The van der Waals surface area contributed by atoms with Gasteiger partial charge in [-0.1, -0.05) is 109 Å². The van der Waals surface area contributed by atoms with Crippen LogP contribution < -0.4 is 4.90 Å². The summed E-state index contributed by atoms with van der Waals surface area (Å²) >= 11 is 0. The first-order valence-corrected chi connectivity index (χ1v) is 15.3. The van der Waals surface area contributed by atoms with Crippen LogP contribution in [0.2, 0.25) is 0 Å². The Hall–Kier alpha value is -2.74. The number of rotatable bonds is 15. The largest absolute Gasteiger partial charge is 0.341 e. The van der Waals surface area contributed by atoms with Crippen LogP contribution in [0.1, 0.15) is 122 Å². The number of allylic oxidation sites excluding steroid dienone is 8. The molecule has 0 radical (unpaired) electrons. The van der Waals surface area contributed by atoms with Crippen molar-refractivity contribution in [2.45, 2.75) is 111 Å². The molecule has 0 fully saturated rings. The van der Waals surface area contributed by atoms with E-state index in [1.807, 2.05) is 0 Å². The molecule has 4 rings (SSSR count). The van der Waals surface area contributed by atoms with Crippen molar-refractivity contribution >= 4 is 22.7 Å². The molecule has 0 aliphatic heterocycles. The Morgan fingerprint density at radius 1 is 0.842 bits per heavy atom. The molecule has 1 aromatic carbocycles. The number of nitrogens with zero attached hydrogens (tertiary/aromatic N) is 1. The van der Waals surface area contributed by atoms with Gasteiger partial charge in [0.25, 0.3) is 0 Å². The molecule has 2 nitrogen and oxygen atoms in total. The maximum atomic E-state index is 3.88. The standard InChI is InChI=1S/C36H50N2/c1-7-10-13-15-22-36(23-16-14-11-8-2)32(17-12-9-3)28(5)35-33(36)26-34(37-35)38(6)31-20-18-29(19-21-31)30-24-27(4)25-30/h12,17-21,24-26,37H,7-11,13-16,22-23H2,1-6H3/b17-12-. The minimum absolute atomic E-state index is 0.132. The smallest absolute Gasteiger partial charge is 0.110 e. The fourth-order valence-corrected chi connectivity index (χ4v) is 6.48. The summed E-state index contributed by atoms with van der Waals surface area (Å²) in [6.07, 6.45) is 23.5. The summed E-state index contributed by atoms with van der Waals surface area (Å²) in [5.74, 6) is 1.20. The number of aromatic nitrogens is 1. The van der Waals surface area contributed by atoms with Crippen molar-refractivity contribution in [1.82, 2.24) is 4.98 Å². The maximum Gasteiger partial charge on any atom is 0.110 e. The summed E-state index contributed by atoms with van der Waals surface area (Å²) in [5, 5.41) is 0. The van der Waals surface area contributed by atoms with Crippen molar-refractivity contribution in [2.75, 3.05) is 11.9 Å². The van der Waals surface area contributed by atoms with Crippen molar-refractivity contribution in [3.63, 3.8) is 0 Å². The molecule has 2 aliphatic carbocycles. The molecular weight excluding hydrogens is 460 g/mol. The van der Waals surface area contributed by atoms with Crippen molar-refractivity contribution in [3.8, 4) is 0 Å². The summed E-state index contributed by atoms with van der Waals surface area (Å²) in [7, 11) is 2.20. The molecule has 0 bridgehead atoms. The van der Waals surface area contributed by atoms with Crippen LogP contribution in [0.3, 0.4) is 0 Å². The van der Waals surface area contributed by atoms with E-state index in [-0.39, 0.29) is 5.41 Å². The van der Waals surface area contributed by atoms with Gasteiger partial charge in [0, 0.05) is 23.8 Å². The maximum absolute atomic E-state index is 3.88. The zero-order valence-corrected chi connectivity index (χ0v) is 24.9. The summed E-state index contributed by atoms with van der Waals surface area (Å²) in [5.41, 5.74) is 11.3. The van der Waals surface area contributed by atoms with Crippen molar-refractivity contribution in [3.05, 3.63) is 82.6 Å². The van der Waals surface area contributed by atoms with Gasteiger partial charge in [0.2, 0.25) is 0 Å². The Balaban J connectivity index is 1.67. The molecule has 0 amide bonds. The van der Waals surface area contributed by atoms with E-state index in [1.54, 1.807) is 5.57 Å². The van der Waals surface area contributed by atoms with Gasteiger partial charge < -0.3 is 9.88 Å². The molecular formula is C36H50N2. The lowest BCUT2D eigenvalue weighted by Gasteiger charge is -2.33. The van der Waals surface area contributed by atoms with Gasteiger partial charge in [0.1, 0.15) is 5.82 Å². The molecule has 1 heterocycles. The molecule has 2 aromatic rings. The SMILES string of the molecule is CC/C=C\C1=C(C)c2[nH]c(N(C)c3ccc(C4=CC(C)=C4)cc3)cc2C1(CCCCCC)CCCCCC. The number of H-pyrrole nitrogens is 1. The van der Waals surface area contributed by atoms with Gasteiger partial charge in [-0.25, -0.2) is 0 Å². The molecule has 1 N–H and O–H groups in total. The van der Waals surface area contributed by atoms with Gasteiger partial charge in [-0.3, -0.25) is 0 Å². The molecule has 0 saturated carbocycles. The van der Waals surface area contributed by atoms with E-state index in [1.165, 1.54) is 109 Å². The van der Waals surface area contributed by atoms with Gasteiger partial charge in [0.15, 0.2) is 0 Å². The van der Waals surface area contributed by atoms with Gasteiger partial charge >= 0.3 is 0 Å². The van der Waals surface area contributed by atoms with Crippen LogP contribution in [0.25, 0.3) is 11.1 Å². The summed E-state index contributed by atoms with van der Waals surface area (Å²) < 4.78 is 0. The molecule has 2 heteroatoms. The third-order valence-electron chi connectivity index (χ3n) is 8.76. The van der Waals surface area contributed by atoms with Gasteiger partial charge in [-0.05, 0) is 84.7 Å². The van der Waals surface area contributed by atoms with Crippen LogP contribution in [-0.4, -0.2) is 12.0 Å². The van der Waals surface area contributed by atoms with Gasteiger partial charge in [0.05, 0.1) is 0 Å². The number of nitrogens with one attached hydrogen (secondary N) is 1. The van der Waals surface area contributed by atoms with Crippen LogP contribution in [0.5, 0.6) is 0 Å². The number of fused-ring (bicyclic) bond motifs is 1. The number of benzene rings is 1. The highest BCUT2D eigenvalue weighted by Gasteiger charge is 2.43. The monoisotopic (exact) mass is 510 g/mol. The van der Waals surface area contributed by atoms with Crippen LogP contribution in [0.4, 0.5) is 11.5 Å². The predicted molar refractivity (Wildman–Crippen MR) is 168 cm³/mol. The topological polar surface area (TPSA) is 19.0 Å². The lowest BCUT2D eigenvalue weighted by Crippen LogP contribution is -2.26. The minimum atomic E-state index is 0.132. The Morgan fingerprint density at radius 3 is 2.03 bits per heavy atom. The van der Waals surface area contributed by atoms with Crippen LogP contribution in [0, 0.1) is 0 Å². The highest BCUT2D eigenvalue weighted by atomic mass is 15.2. The number of unbranched alkanes of at least 4 members (excludes halogenated alkanes) is 6. The van der Waals surface area contributed by atoms with E-state index in [9.17, 15) is 0 Å². The number of hydrogen-bond acceptors (Lipinski definition) is 1. The van der Waals surface area contributed by atoms with E-state index >= 15 is 0 Å². The van der Waals surface area contributed by atoms with E-state index in [2.05, 4.69) is 106 Å². The Bertz CT molecular complexity index is 1190. The summed E-state index contributed by atoms with van der Waals surface area (Å²) in [4.78, 5) is 6.21. The van der Waals surface area contributed by atoms with E-state index in [0.717, 1.165) is 6.42 Å². The van der Waals surface area contributed by atoms with Crippen molar-refractivity contribution < 1.29 is 0 Å². The molecule has 204 valence electrons. The highest BCUT2D eigenvalue weighted by molar-refractivity contribution is 5.85. The molecule has 1 aromatic heterocycles. The second-order valence-electron chi connectivity index (χ2n) is 11.6. The van der Waals surface area contributed by atoms with Crippen molar-refractivity contribution in [1.29, 1.82) is 0 Å². The second-order valence-corrected chi connectivity index (χ2v) is 11.6. The second kappa shape index (κ2) is 12.9. The van der Waals surface area contributed by atoms with E-state index in [4.69, 9.17) is 0 Å². The Labute approximate surface area is 232 Å². The van der Waals surface area contributed by atoms with Crippen molar-refractivity contribution in [2.24, 2.45) is 0 Å². The quantitative estimate of drug-likeness (QED) is 0.236. The zero-order valence-electron chi connectivity index (χ0n) is 24.9.